The summed E-state index contributed by atoms with van der Waals surface area (Å²) in [7, 11) is 0. The van der Waals surface area contributed by atoms with Gasteiger partial charge in [0.2, 0.25) is 0 Å². The van der Waals surface area contributed by atoms with Crippen LogP contribution in [0, 0.1) is 0 Å². The number of ether oxygens (including phenoxy) is 2. The zero-order chi connectivity index (χ0) is 26.5. The van der Waals surface area contributed by atoms with Crippen molar-refractivity contribution in [1.29, 1.82) is 0 Å². The van der Waals surface area contributed by atoms with Gasteiger partial charge >= 0.3 is 6.09 Å². The molecule has 3 aromatic rings. The van der Waals surface area contributed by atoms with Crippen molar-refractivity contribution in [2.75, 3.05) is 65.6 Å². The lowest BCUT2D eigenvalue weighted by Gasteiger charge is -2.35. The van der Waals surface area contributed by atoms with E-state index in [4.69, 9.17) is 26.2 Å². The molecule has 1 saturated heterocycles. The Morgan fingerprint density at radius 3 is 2.50 bits per heavy atom. The predicted molar refractivity (Wildman–Crippen MR) is 149 cm³/mol. The van der Waals surface area contributed by atoms with E-state index in [-0.39, 0.29) is 18.7 Å². The van der Waals surface area contributed by atoms with Crippen LogP contribution in [0.25, 0.3) is 10.9 Å². The van der Waals surface area contributed by atoms with Crippen LogP contribution in [0.4, 0.5) is 4.79 Å². The Labute approximate surface area is 229 Å². The number of nitrogens with zero attached hydrogens (tertiary/aromatic N) is 3. The van der Waals surface area contributed by atoms with Crippen LogP contribution in [-0.4, -0.2) is 96.5 Å². The van der Waals surface area contributed by atoms with Crippen molar-refractivity contribution in [2.24, 2.45) is 0 Å². The highest BCUT2D eigenvalue weighted by Gasteiger charge is 2.35. The van der Waals surface area contributed by atoms with Crippen LogP contribution in [0.5, 0.6) is 5.75 Å². The third kappa shape index (κ3) is 5.94. The Balaban J connectivity index is 1.25. The lowest BCUT2D eigenvalue weighted by atomic mass is 9.92. The third-order valence-electron chi connectivity index (χ3n) is 7.56. The first-order valence-corrected chi connectivity index (χ1v) is 14.0. The number of β-amino-alcohol motifs (C(OH)–C–C–N with tert-alkyl or cyclic N) is 1. The van der Waals surface area contributed by atoms with E-state index in [2.05, 4.69) is 14.8 Å². The highest BCUT2D eigenvalue weighted by atomic mass is 35.5. The first-order chi connectivity index (χ1) is 18.6. The van der Waals surface area contributed by atoms with Crippen molar-refractivity contribution >= 4 is 28.6 Å². The molecule has 0 radical (unpaired) electrons. The number of aliphatic hydroxyl groups is 1. The van der Waals surface area contributed by atoms with Crippen molar-refractivity contribution < 1.29 is 19.4 Å². The number of rotatable bonds is 9. The molecule has 1 aromatic heterocycles. The number of fused-ring (bicyclic) bond motifs is 3. The zero-order valence-corrected chi connectivity index (χ0v) is 22.8. The molecule has 5 rings (SSSR count). The number of H-pyrrole nitrogens is 1. The minimum absolute atomic E-state index is 0.228. The van der Waals surface area contributed by atoms with E-state index in [1.54, 1.807) is 4.90 Å². The predicted octanol–water partition coefficient (Wildman–Crippen LogP) is 4.30. The highest BCUT2D eigenvalue weighted by molar-refractivity contribution is 6.31. The van der Waals surface area contributed by atoms with Crippen LogP contribution in [0.2, 0.25) is 5.02 Å². The van der Waals surface area contributed by atoms with Gasteiger partial charge < -0.3 is 24.5 Å². The Kier molecular flexibility index (Phi) is 8.74. The molecule has 204 valence electrons. The number of aromatic nitrogens is 1. The van der Waals surface area contributed by atoms with E-state index >= 15 is 0 Å². The average Bonchev–Trinajstić information content (AvgIpc) is 3.30. The van der Waals surface area contributed by atoms with Gasteiger partial charge in [-0.1, -0.05) is 23.7 Å². The Morgan fingerprint density at radius 1 is 1.05 bits per heavy atom. The van der Waals surface area contributed by atoms with Gasteiger partial charge in [0.05, 0.1) is 19.8 Å². The molecule has 38 heavy (non-hydrogen) atoms. The van der Waals surface area contributed by atoms with Crippen molar-refractivity contribution in [1.82, 2.24) is 19.7 Å². The maximum Gasteiger partial charge on any atom is 0.410 e. The number of carbonyl (C=O) groups is 1. The molecule has 2 aromatic carbocycles. The normalized spacial score (nSPS) is 18.5. The van der Waals surface area contributed by atoms with Crippen LogP contribution in [0.1, 0.15) is 36.2 Å². The van der Waals surface area contributed by atoms with E-state index in [1.807, 2.05) is 49.4 Å². The summed E-state index contributed by atoms with van der Waals surface area (Å²) in [4.78, 5) is 23.0. The van der Waals surface area contributed by atoms with E-state index in [1.165, 1.54) is 5.56 Å². The van der Waals surface area contributed by atoms with Crippen LogP contribution in [0.15, 0.2) is 42.5 Å². The molecular weight excluding hydrogens is 504 g/mol. The lowest BCUT2D eigenvalue weighted by Crippen LogP contribution is -2.47. The molecule has 2 N–H and O–H groups in total. The van der Waals surface area contributed by atoms with Crippen LogP contribution in [0.3, 0.4) is 0 Å². The summed E-state index contributed by atoms with van der Waals surface area (Å²) in [6, 6.07) is 13.7. The Hall–Kier alpha value is -2.78. The largest absolute Gasteiger partial charge is 0.494 e. The quantitative estimate of drug-likeness (QED) is 0.394. The molecular formula is C29H37ClN4O4. The molecule has 3 heterocycles. The van der Waals surface area contributed by atoms with Gasteiger partial charge in [0.25, 0.3) is 0 Å². The van der Waals surface area contributed by atoms with E-state index in [0.717, 1.165) is 80.0 Å². The fourth-order valence-electron chi connectivity index (χ4n) is 5.61. The minimum atomic E-state index is -0.308. The SMILES string of the molecule is CCOC(=O)N1CCc2c([nH]c3ccc(Cl)cc23)C1c1ccc(OCCCN2CCN(CCO)CC2)cc1. The second-order valence-corrected chi connectivity index (χ2v) is 10.4. The van der Waals surface area contributed by atoms with Gasteiger partial charge in [0.1, 0.15) is 11.8 Å². The first kappa shape index (κ1) is 26.8. The van der Waals surface area contributed by atoms with Crippen molar-refractivity contribution in [3.63, 3.8) is 0 Å². The summed E-state index contributed by atoms with van der Waals surface area (Å²) in [5.41, 5.74) is 4.23. The molecule has 2 aliphatic heterocycles. The van der Waals surface area contributed by atoms with Crippen LogP contribution in [-0.2, 0) is 11.2 Å². The molecule has 0 saturated carbocycles. The van der Waals surface area contributed by atoms with Gasteiger partial charge in [-0.2, -0.15) is 0 Å². The number of piperazine rings is 1. The smallest absolute Gasteiger partial charge is 0.410 e. The maximum absolute atomic E-state index is 12.9. The van der Waals surface area contributed by atoms with Crippen LogP contribution >= 0.6 is 11.6 Å². The second-order valence-electron chi connectivity index (χ2n) is 9.93. The van der Waals surface area contributed by atoms with Gasteiger partial charge in [-0.15, -0.1) is 0 Å². The number of carbonyl (C=O) groups excluding carboxylic acids is 1. The summed E-state index contributed by atoms with van der Waals surface area (Å²) in [6.45, 7) is 9.49. The molecule has 1 fully saturated rings. The average molecular weight is 541 g/mol. The van der Waals surface area contributed by atoms with E-state index in [0.29, 0.717) is 24.8 Å². The summed E-state index contributed by atoms with van der Waals surface area (Å²) in [6.07, 6.45) is 1.39. The Morgan fingerprint density at radius 2 is 1.79 bits per heavy atom. The summed E-state index contributed by atoms with van der Waals surface area (Å²) in [5.74, 6) is 0.823. The van der Waals surface area contributed by atoms with E-state index < -0.39 is 0 Å². The minimum Gasteiger partial charge on any atom is -0.494 e. The van der Waals surface area contributed by atoms with Crippen molar-refractivity contribution in [3.05, 3.63) is 64.3 Å². The molecule has 0 bridgehead atoms. The first-order valence-electron chi connectivity index (χ1n) is 13.6. The van der Waals surface area contributed by atoms with Gasteiger partial charge in [-0.25, -0.2) is 4.79 Å². The molecule has 8 nitrogen and oxygen atoms in total. The molecule has 0 spiro atoms. The fourth-order valence-corrected chi connectivity index (χ4v) is 5.78. The molecule has 1 amide bonds. The van der Waals surface area contributed by atoms with Crippen LogP contribution < -0.4 is 4.74 Å². The van der Waals surface area contributed by atoms with Gasteiger partial charge in [0, 0.05) is 67.4 Å². The lowest BCUT2D eigenvalue weighted by molar-refractivity contribution is 0.0932. The number of nitrogens with one attached hydrogen (secondary N) is 1. The molecule has 1 unspecified atom stereocenters. The zero-order valence-electron chi connectivity index (χ0n) is 22.0. The molecule has 1 atom stereocenters. The second kappa shape index (κ2) is 12.4. The number of amides is 1. The molecule has 2 aliphatic rings. The number of halogens is 1. The topological polar surface area (TPSA) is 81.3 Å². The van der Waals surface area contributed by atoms with Crippen molar-refractivity contribution in [3.8, 4) is 5.75 Å². The fraction of sp³-hybridized carbons (Fsp3) is 0.483. The summed E-state index contributed by atoms with van der Waals surface area (Å²) < 4.78 is 11.5. The number of aromatic amines is 1. The number of hydrogen-bond acceptors (Lipinski definition) is 6. The number of hydrogen-bond donors (Lipinski definition) is 2. The van der Waals surface area contributed by atoms with E-state index in [9.17, 15) is 4.79 Å². The van der Waals surface area contributed by atoms with Gasteiger partial charge in [0.15, 0.2) is 0 Å². The Bertz CT molecular complexity index is 1220. The van der Waals surface area contributed by atoms with Crippen molar-refractivity contribution in [2.45, 2.75) is 25.8 Å². The molecule has 9 heteroatoms. The maximum atomic E-state index is 12.9. The standard InChI is InChI=1S/C29H37ClN4O4/c1-2-37-29(36)34-12-10-24-25-20-22(30)6-9-26(25)31-27(24)28(34)21-4-7-23(8-5-21)38-19-3-11-32-13-15-33(16-14-32)17-18-35/h4-9,20,28,31,35H,2-3,10-19H2,1H3. The highest BCUT2D eigenvalue weighted by Crippen LogP contribution is 2.39. The monoisotopic (exact) mass is 540 g/mol. The number of benzene rings is 2. The number of aliphatic hydroxyl groups excluding tert-OH is 1. The molecule has 0 aliphatic carbocycles. The third-order valence-corrected chi connectivity index (χ3v) is 7.79. The van der Waals surface area contributed by atoms with Gasteiger partial charge in [-0.05, 0) is 61.2 Å². The summed E-state index contributed by atoms with van der Waals surface area (Å²) in [5, 5.41) is 10.9. The summed E-state index contributed by atoms with van der Waals surface area (Å²) >= 11 is 6.30. The van der Waals surface area contributed by atoms with Gasteiger partial charge in [-0.3, -0.25) is 9.80 Å².